The molecule has 118 valence electrons. The molecule has 1 aromatic carbocycles. The molecule has 22 heavy (non-hydrogen) atoms. The van der Waals surface area contributed by atoms with E-state index >= 15 is 0 Å². The average molecular weight is 302 g/mol. The molecule has 0 bridgehead atoms. The van der Waals surface area contributed by atoms with E-state index in [0.717, 1.165) is 38.6 Å². The quantitative estimate of drug-likeness (QED) is 0.802. The van der Waals surface area contributed by atoms with Crippen molar-refractivity contribution in [1.29, 1.82) is 0 Å². The van der Waals surface area contributed by atoms with Crippen LogP contribution in [0, 0.1) is 11.7 Å². The number of carbonyl (C=O) groups excluding carboxylic acids is 1. The van der Waals surface area contributed by atoms with Crippen molar-refractivity contribution in [3.8, 4) is 0 Å². The molecule has 0 unspecified atom stereocenters. The topological polar surface area (TPSA) is 23.6 Å². The molecular formula is C18H23FN2O. The Kier molecular flexibility index (Phi) is 4.88. The van der Waals surface area contributed by atoms with Gasteiger partial charge in [-0.05, 0) is 43.4 Å². The highest BCUT2D eigenvalue weighted by molar-refractivity contribution is 5.94. The second-order valence-electron chi connectivity index (χ2n) is 6.25. The second kappa shape index (κ2) is 7.05. The lowest BCUT2D eigenvalue weighted by Crippen LogP contribution is -2.49. The van der Waals surface area contributed by atoms with E-state index in [4.69, 9.17) is 0 Å². The smallest absolute Gasteiger partial charge is 0.254 e. The Labute approximate surface area is 131 Å². The minimum Gasteiger partial charge on any atom is -0.336 e. The van der Waals surface area contributed by atoms with Gasteiger partial charge in [0.25, 0.3) is 5.91 Å². The van der Waals surface area contributed by atoms with E-state index in [0.29, 0.717) is 5.56 Å². The molecule has 1 saturated heterocycles. The van der Waals surface area contributed by atoms with Gasteiger partial charge in [-0.1, -0.05) is 18.2 Å². The molecule has 1 atom stereocenters. The Bertz CT molecular complexity index is 550. The molecule has 1 aliphatic carbocycles. The molecule has 1 fully saturated rings. The Morgan fingerprint density at radius 2 is 2.00 bits per heavy atom. The van der Waals surface area contributed by atoms with Crippen molar-refractivity contribution in [2.75, 3.05) is 32.7 Å². The molecule has 2 aliphatic rings. The second-order valence-corrected chi connectivity index (χ2v) is 6.25. The van der Waals surface area contributed by atoms with Crippen LogP contribution < -0.4 is 0 Å². The van der Waals surface area contributed by atoms with Crippen molar-refractivity contribution in [3.05, 3.63) is 47.8 Å². The van der Waals surface area contributed by atoms with Crippen molar-refractivity contribution >= 4 is 5.91 Å². The Hall–Kier alpha value is -1.68. The first-order valence-corrected chi connectivity index (χ1v) is 8.14. The van der Waals surface area contributed by atoms with E-state index in [1.807, 2.05) is 4.90 Å². The first-order valence-electron chi connectivity index (χ1n) is 8.14. The van der Waals surface area contributed by atoms with Gasteiger partial charge in [-0.2, -0.15) is 0 Å². The molecule has 0 N–H and O–H groups in total. The lowest BCUT2D eigenvalue weighted by molar-refractivity contribution is 0.0614. The fourth-order valence-corrected chi connectivity index (χ4v) is 3.32. The van der Waals surface area contributed by atoms with Crippen LogP contribution in [0.15, 0.2) is 36.4 Å². The zero-order valence-corrected chi connectivity index (χ0v) is 12.9. The maximum atomic E-state index is 13.2. The summed E-state index contributed by atoms with van der Waals surface area (Å²) in [4.78, 5) is 16.7. The van der Waals surface area contributed by atoms with Crippen LogP contribution in [-0.2, 0) is 0 Å². The van der Waals surface area contributed by atoms with Crippen LogP contribution in [0.2, 0.25) is 0 Å². The van der Waals surface area contributed by atoms with Gasteiger partial charge in [-0.25, -0.2) is 4.39 Å². The first kappa shape index (κ1) is 15.2. The third-order valence-corrected chi connectivity index (χ3v) is 4.63. The number of hydrogen-bond donors (Lipinski definition) is 0. The lowest BCUT2D eigenvalue weighted by Gasteiger charge is -2.36. The van der Waals surface area contributed by atoms with Crippen LogP contribution in [0.25, 0.3) is 0 Å². The molecule has 1 aliphatic heterocycles. The number of hydrogen-bond acceptors (Lipinski definition) is 2. The molecule has 1 heterocycles. The fourth-order valence-electron chi connectivity index (χ4n) is 3.32. The summed E-state index contributed by atoms with van der Waals surface area (Å²) in [6.45, 7) is 4.44. The number of amides is 1. The Balaban J connectivity index is 1.51. The van der Waals surface area contributed by atoms with Gasteiger partial charge >= 0.3 is 0 Å². The van der Waals surface area contributed by atoms with Crippen LogP contribution >= 0.6 is 0 Å². The molecule has 0 spiro atoms. The monoisotopic (exact) mass is 302 g/mol. The van der Waals surface area contributed by atoms with E-state index in [-0.39, 0.29) is 11.7 Å². The molecule has 1 amide bonds. The molecule has 3 rings (SSSR count). The highest BCUT2D eigenvalue weighted by Crippen LogP contribution is 2.20. The summed E-state index contributed by atoms with van der Waals surface area (Å²) in [6, 6.07) is 5.97. The van der Waals surface area contributed by atoms with Gasteiger partial charge in [0.1, 0.15) is 5.82 Å². The maximum absolute atomic E-state index is 13.2. The van der Waals surface area contributed by atoms with Crippen LogP contribution in [0.4, 0.5) is 4.39 Å². The van der Waals surface area contributed by atoms with Crippen LogP contribution in [-0.4, -0.2) is 48.4 Å². The van der Waals surface area contributed by atoms with E-state index in [1.165, 1.54) is 31.4 Å². The molecule has 0 saturated carbocycles. The highest BCUT2D eigenvalue weighted by Gasteiger charge is 2.24. The predicted molar refractivity (Wildman–Crippen MR) is 85.2 cm³/mol. The fraction of sp³-hybridized carbons (Fsp3) is 0.500. The lowest BCUT2D eigenvalue weighted by atomic mass is 9.94. The normalized spacial score (nSPS) is 22.8. The van der Waals surface area contributed by atoms with Gasteiger partial charge in [-0.15, -0.1) is 0 Å². The number of benzene rings is 1. The summed E-state index contributed by atoms with van der Waals surface area (Å²) < 4.78 is 13.2. The van der Waals surface area contributed by atoms with Crippen molar-refractivity contribution in [3.63, 3.8) is 0 Å². The SMILES string of the molecule is O=C(c1cccc(F)c1)N1CCN(C[C@@H]2CC=CCC2)CC1. The summed E-state index contributed by atoms with van der Waals surface area (Å²) in [6.07, 6.45) is 8.22. The average Bonchev–Trinajstić information content (AvgIpc) is 2.56. The number of carbonyl (C=O) groups is 1. The number of rotatable bonds is 3. The van der Waals surface area contributed by atoms with Gasteiger partial charge < -0.3 is 4.90 Å². The molecule has 3 nitrogen and oxygen atoms in total. The number of piperazine rings is 1. The third-order valence-electron chi connectivity index (χ3n) is 4.63. The number of halogens is 1. The molecular weight excluding hydrogens is 279 g/mol. The molecule has 0 aromatic heterocycles. The zero-order chi connectivity index (χ0) is 15.4. The first-order chi connectivity index (χ1) is 10.7. The van der Waals surface area contributed by atoms with E-state index in [2.05, 4.69) is 17.1 Å². The highest BCUT2D eigenvalue weighted by atomic mass is 19.1. The van der Waals surface area contributed by atoms with Crippen LogP contribution in [0.5, 0.6) is 0 Å². The zero-order valence-electron chi connectivity index (χ0n) is 12.9. The largest absolute Gasteiger partial charge is 0.336 e. The molecule has 1 aromatic rings. The molecule has 0 radical (unpaired) electrons. The minimum atomic E-state index is -0.352. The van der Waals surface area contributed by atoms with Gasteiger partial charge in [-0.3, -0.25) is 9.69 Å². The van der Waals surface area contributed by atoms with Gasteiger partial charge in [0, 0.05) is 38.3 Å². The van der Waals surface area contributed by atoms with Crippen LogP contribution in [0.3, 0.4) is 0 Å². The van der Waals surface area contributed by atoms with Gasteiger partial charge in [0.15, 0.2) is 0 Å². The Morgan fingerprint density at radius 1 is 1.18 bits per heavy atom. The van der Waals surface area contributed by atoms with E-state index in [9.17, 15) is 9.18 Å². The number of allylic oxidation sites excluding steroid dienone is 2. The predicted octanol–water partition coefficient (Wildman–Crippen LogP) is 2.94. The third kappa shape index (κ3) is 3.74. The summed E-state index contributed by atoms with van der Waals surface area (Å²) in [5.74, 6) is 0.352. The molecule has 4 heteroatoms. The van der Waals surface area contributed by atoms with Crippen molar-refractivity contribution in [2.45, 2.75) is 19.3 Å². The minimum absolute atomic E-state index is 0.0558. The van der Waals surface area contributed by atoms with Gasteiger partial charge in [0.05, 0.1) is 0 Å². The van der Waals surface area contributed by atoms with Crippen molar-refractivity contribution in [2.24, 2.45) is 5.92 Å². The van der Waals surface area contributed by atoms with Gasteiger partial charge in [0.2, 0.25) is 0 Å². The summed E-state index contributed by atoms with van der Waals surface area (Å²) in [5.41, 5.74) is 0.450. The van der Waals surface area contributed by atoms with Crippen LogP contribution in [0.1, 0.15) is 29.6 Å². The van der Waals surface area contributed by atoms with E-state index < -0.39 is 0 Å². The van der Waals surface area contributed by atoms with Crippen molar-refractivity contribution in [1.82, 2.24) is 9.80 Å². The number of nitrogens with zero attached hydrogens (tertiary/aromatic N) is 2. The standard InChI is InChI=1S/C18H23FN2O/c19-17-8-4-7-16(13-17)18(22)21-11-9-20(10-12-21)14-15-5-2-1-3-6-15/h1-2,4,7-8,13,15H,3,5-6,9-12,14H2/t15-/m1/s1. The van der Waals surface area contributed by atoms with E-state index in [1.54, 1.807) is 12.1 Å². The maximum Gasteiger partial charge on any atom is 0.254 e. The summed E-state index contributed by atoms with van der Waals surface area (Å²) in [5, 5.41) is 0. The Morgan fingerprint density at radius 3 is 2.68 bits per heavy atom. The van der Waals surface area contributed by atoms with Crippen molar-refractivity contribution < 1.29 is 9.18 Å². The summed E-state index contributed by atoms with van der Waals surface area (Å²) in [7, 11) is 0. The summed E-state index contributed by atoms with van der Waals surface area (Å²) >= 11 is 0.